The fourth-order valence-corrected chi connectivity index (χ4v) is 3.22. The molecule has 1 amide bonds. The van der Waals surface area contributed by atoms with Gasteiger partial charge >= 0.3 is 0 Å². The number of benzene rings is 1. The van der Waals surface area contributed by atoms with Gasteiger partial charge in [-0.25, -0.2) is 0 Å². The minimum absolute atomic E-state index is 0.151. The van der Waals surface area contributed by atoms with Gasteiger partial charge in [0.25, 0.3) is 5.91 Å². The minimum Gasteiger partial charge on any atom is -0.494 e. The van der Waals surface area contributed by atoms with Crippen molar-refractivity contribution in [1.29, 1.82) is 0 Å². The molecule has 2 aromatic rings. The highest BCUT2D eigenvalue weighted by Crippen LogP contribution is 2.30. The lowest BCUT2D eigenvalue weighted by Crippen LogP contribution is -2.31. The smallest absolute Gasteiger partial charge is 0.273 e. The fraction of sp³-hybridized carbons (Fsp3) is 0.500. The molecule has 6 nitrogen and oxygen atoms in total. The first-order chi connectivity index (χ1) is 11.8. The molecule has 0 saturated heterocycles. The molecule has 1 saturated carbocycles. The van der Waals surface area contributed by atoms with Gasteiger partial charge in [0.2, 0.25) is 0 Å². The molecule has 3 rings (SSSR count). The third-order valence-corrected chi connectivity index (χ3v) is 4.71. The van der Waals surface area contributed by atoms with Crippen LogP contribution >= 0.6 is 0 Å². The maximum atomic E-state index is 11.8. The Morgan fingerprint density at radius 2 is 1.92 bits per heavy atom. The Bertz CT molecular complexity index is 607. The summed E-state index contributed by atoms with van der Waals surface area (Å²) >= 11 is 0. The Kier molecular flexibility index (Phi) is 5.82. The third kappa shape index (κ3) is 4.81. The van der Waals surface area contributed by atoms with E-state index >= 15 is 0 Å². The highest BCUT2D eigenvalue weighted by atomic mass is 16.5. The summed E-state index contributed by atoms with van der Waals surface area (Å²) in [7, 11) is 0. The van der Waals surface area contributed by atoms with Gasteiger partial charge < -0.3 is 10.1 Å². The first-order valence-corrected chi connectivity index (χ1v) is 8.64. The number of aromatic nitrogens is 3. The van der Waals surface area contributed by atoms with E-state index in [9.17, 15) is 4.79 Å². The molecule has 1 aliphatic carbocycles. The number of nitrogens with zero attached hydrogens (tertiary/aromatic N) is 2. The zero-order valence-electron chi connectivity index (χ0n) is 13.8. The van der Waals surface area contributed by atoms with Crippen molar-refractivity contribution in [2.75, 3.05) is 13.2 Å². The van der Waals surface area contributed by atoms with Gasteiger partial charge in [-0.15, -0.1) is 5.10 Å². The molecule has 0 spiro atoms. The molecule has 0 unspecified atom stereocenters. The van der Waals surface area contributed by atoms with Crippen LogP contribution in [0.25, 0.3) is 0 Å². The van der Waals surface area contributed by atoms with E-state index in [0.29, 0.717) is 11.6 Å². The van der Waals surface area contributed by atoms with Gasteiger partial charge in [-0.3, -0.25) is 9.89 Å². The van der Waals surface area contributed by atoms with Crippen LogP contribution in [0.3, 0.4) is 0 Å². The molecule has 6 heteroatoms. The van der Waals surface area contributed by atoms with Crippen LogP contribution < -0.4 is 10.1 Å². The van der Waals surface area contributed by atoms with Crippen LogP contribution in [-0.2, 0) is 0 Å². The number of carbonyl (C=O) groups is 1. The van der Waals surface area contributed by atoms with Crippen molar-refractivity contribution in [2.45, 2.75) is 32.1 Å². The van der Waals surface area contributed by atoms with Crippen molar-refractivity contribution in [1.82, 2.24) is 20.7 Å². The van der Waals surface area contributed by atoms with Crippen LogP contribution in [0.1, 0.15) is 42.6 Å². The average molecular weight is 328 g/mol. The van der Waals surface area contributed by atoms with Crippen molar-refractivity contribution in [3.63, 3.8) is 0 Å². The Hall–Kier alpha value is -2.37. The molecule has 0 atom stereocenters. The predicted molar refractivity (Wildman–Crippen MR) is 90.7 cm³/mol. The largest absolute Gasteiger partial charge is 0.494 e. The second kappa shape index (κ2) is 8.47. The van der Waals surface area contributed by atoms with Crippen LogP contribution in [0, 0.1) is 11.8 Å². The van der Waals surface area contributed by atoms with Gasteiger partial charge in [-0.05, 0) is 56.1 Å². The van der Waals surface area contributed by atoms with Gasteiger partial charge in [-0.2, -0.15) is 0 Å². The van der Waals surface area contributed by atoms with E-state index in [0.717, 1.165) is 44.1 Å². The summed E-state index contributed by atoms with van der Waals surface area (Å²) < 4.78 is 5.78. The number of aromatic amines is 1. The maximum Gasteiger partial charge on any atom is 0.273 e. The van der Waals surface area contributed by atoms with E-state index < -0.39 is 0 Å². The van der Waals surface area contributed by atoms with Crippen LogP contribution in [0.15, 0.2) is 36.5 Å². The van der Waals surface area contributed by atoms with Gasteiger partial charge in [0, 0.05) is 6.54 Å². The van der Waals surface area contributed by atoms with Crippen LogP contribution in [-0.4, -0.2) is 34.5 Å². The standard InChI is InChI=1S/C18H24N4O2/c23-18(17-13-20-22-21-17)19-12-15-8-6-14(7-9-15)10-11-24-16-4-2-1-3-5-16/h1-5,13-15H,6-12H2,(H,19,23)(H,20,21,22). The number of carbonyl (C=O) groups excluding carboxylic acids is 1. The molecule has 1 heterocycles. The highest BCUT2D eigenvalue weighted by Gasteiger charge is 2.22. The number of hydrogen-bond acceptors (Lipinski definition) is 4. The molecule has 0 bridgehead atoms. The van der Waals surface area contributed by atoms with Crippen LogP contribution in [0.5, 0.6) is 5.75 Å². The summed E-state index contributed by atoms with van der Waals surface area (Å²) in [6.45, 7) is 1.50. The molecule has 1 aromatic heterocycles. The number of H-pyrrole nitrogens is 1. The summed E-state index contributed by atoms with van der Waals surface area (Å²) in [6.07, 6.45) is 7.36. The lowest BCUT2D eigenvalue weighted by Gasteiger charge is -2.28. The highest BCUT2D eigenvalue weighted by molar-refractivity contribution is 5.91. The molecule has 24 heavy (non-hydrogen) atoms. The molecular formula is C18H24N4O2. The number of para-hydroxylation sites is 1. The van der Waals surface area contributed by atoms with E-state index in [1.165, 1.54) is 19.0 Å². The van der Waals surface area contributed by atoms with Gasteiger partial charge in [0.1, 0.15) is 5.75 Å². The van der Waals surface area contributed by atoms with Gasteiger partial charge in [0.05, 0.1) is 12.8 Å². The van der Waals surface area contributed by atoms with Crippen molar-refractivity contribution in [2.24, 2.45) is 11.8 Å². The van der Waals surface area contributed by atoms with E-state index in [2.05, 4.69) is 20.7 Å². The van der Waals surface area contributed by atoms with E-state index in [-0.39, 0.29) is 5.91 Å². The summed E-state index contributed by atoms with van der Waals surface area (Å²) in [6, 6.07) is 9.97. The maximum absolute atomic E-state index is 11.8. The number of amides is 1. The normalized spacial score (nSPS) is 20.5. The third-order valence-electron chi connectivity index (χ3n) is 4.71. The lowest BCUT2D eigenvalue weighted by molar-refractivity contribution is 0.0935. The Balaban J connectivity index is 1.30. The predicted octanol–water partition coefficient (Wildman–Crippen LogP) is 2.81. The second-order valence-corrected chi connectivity index (χ2v) is 6.41. The summed E-state index contributed by atoms with van der Waals surface area (Å²) in [5.41, 5.74) is 0.349. The van der Waals surface area contributed by atoms with Crippen molar-refractivity contribution in [3.8, 4) is 5.75 Å². The fourth-order valence-electron chi connectivity index (χ4n) is 3.22. The summed E-state index contributed by atoms with van der Waals surface area (Å²) in [5, 5.41) is 12.8. The van der Waals surface area contributed by atoms with E-state index in [1.54, 1.807) is 0 Å². The van der Waals surface area contributed by atoms with Crippen LogP contribution in [0.2, 0.25) is 0 Å². The SMILES string of the molecule is O=C(NCC1CCC(CCOc2ccccc2)CC1)c1c[nH]nn1. The Morgan fingerprint density at radius 1 is 1.17 bits per heavy atom. The quantitative estimate of drug-likeness (QED) is 0.819. The summed E-state index contributed by atoms with van der Waals surface area (Å²) in [4.78, 5) is 11.8. The zero-order valence-corrected chi connectivity index (χ0v) is 13.8. The Labute approximate surface area is 142 Å². The molecule has 0 aliphatic heterocycles. The van der Waals surface area contributed by atoms with Crippen LogP contribution in [0.4, 0.5) is 0 Å². The Morgan fingerprint density at radius 3 is 2.62 bits per heavy atom. The molecule has 128 valence electrons. The molecule has 1 aromatic carbocycles. The molecule has 0 radical (unpaired) electrons. The number of hydrogen-bond donors (Lipinski definition) is 2. The van der Waals surface area contributed by atoms with E-state index in [1.807, 2.05) is 30.3 Å². The topological polar surface area (TPSA) is 79.9 Å². The van der Waals surface area contributed by atoms with Gasteiger partial charge in [-0.1, -0.05) is 23.4 Å². The minimum atomic E-state index is -0.151. The van der Waals surface area contributed by atoms with Gasteiger partial charge in [0.15, 0.2) is 5.69 Å². The first kappa shape index (κ1) is 16.5. The summed E-state index contributed by atoms with van der Waals surface area (Å²) in [5.74, 6) is 2.09. The van der Waals surface area contributed by atoms with E-state index in [4.69, 9.17) is 4.74 Å². The number of ether oxygens (including phenoxy) is 1. The second-order valence-electron chi connectivity index (χ2n) is 6.41. The van der Waals surface area contributed by atoms with Crippen molar-refractivity contribution in [3.05, 3.63) is 42.2 Å². The molecule has 2 N–H and O–H groups in total. The zero-order chi connectivity index (χ0) is 16.6. The molecule has 1 fully saturated rings. The van der Waals surface area contributed by atoms with Crippen molar-refractivity contribution < 1.29 is 9.53 Å². The number of nitrogens with one attached hydrogen (secondary N) is 2. The van der Waals surface area contributed by atoms with Crippen molar-refractivity contribution >= 4 is 5.91 Å². The number of rotatable bonds is 7. The first-order valence-electron chi connectivity index (χ1n) is 8.64. The molecular weight excluding hydrogens is 304 g/mol. The monoisotopic (exact) mass is 328 g/mol. The molecule has 1 aliphatic rings. The lowest BCUT2D eigenvalue weighted by atomic mass is 9.80. The average Bonchev–Trinajstić information content (AvgIpc) is 3.16.